The van der Waals surface area contributed by atoms with Gasteiger partial charge in [0.1, 0.15) is 5.75 Å². The largest absolute Gasteiger partial charge is 0.496 e. The van der Waals surface area contributed by atoms with E-state index in [0.717, 1.165) is 11.3 Å². The zero-order valence-corrected chi connectivity index (χ0v) is 14.7. The van der Waals surface area contributed by atoms with E-state index in [0.29, 0.717) is 24.7 Å². The van der Waals surface area contributed by atoms with Gasteiger partial charge in [-0.05, 0) is 25.2 Å². The number of aliphatic hydroxyl groups is 1. The SMILES string of the molecule is COc1ccc(Cl)cc1CN1CC(N(C)CC(=O)O)[C@H](O)C1.Cl. The molecule has 1 aliphatic rings. The van der Waals surface area contributed by atoms with Crippen molar-refractivity contribution in [1.82, 2.24) is 9.80 Å². The number of aliphatic hydroxyl groups excluding tert-OH is 1. The summed E-state index contributed by atoms with van der Waals surface area (Å²) in [4.78, 5) is 14.5. The molecule has 2 rings (SSSR count). The Morgan fingerprint density at radius 3 is 2.78 bits per heavy atom. The Hall–Kier alpha value is -1.05. The summed E-state index contributed by atoms with van der Waals surface area (Å²) in [5.74, 6) is -0.147. The first kappa shape index (κ1) is 20.0. The molecule has 1 saturated heterocycles. The van der Waals surface area contributed by atoms with Crippen LogP contribution in [0, 0.1) is 0 Å². The zero-order valence-electron chi connectivity index (χ0n) is 13.1. The quantitative estimate of drug-likeness (QED) is 0.793. The third-order valence-corrected chi connectivity index (χ3v) is 4.16. The van der Waals surface area contributed by atoms with E-state index in [2.05, 4.69) is 4.90 Å². The lowest BCUT2D eigenvalue weighted by atomic mass is 10.2. The summed E-state index contributed by atoms with van der Waals surface area (Å²) in [6, 6.07) is 5.24. The second-order valence-electron chi connectivity index (χ2n) is 5.59. The molecule has 1 heterocycles. The number of aliphatic carboxylic acids is 1. The van der Waals surface area contributed by atoms with Gasteiger partial charge in [0.05, 0.1) is 19.8 Å². The molecule has 0 saturated carbocycles. The minimum atomic E-state index is -0.898. The van der Waals surface area contributed by atoms with E-state index in [9.17, 15) is 9.90 Å². The summed E-state index contributed by atoms with van der Waals surface area (Å²) >= 11 is 6.03. The van der Waals surface area contributed by atoms with Crippen LogP contribution in [0.4, 0.5) is 0 Å². The summed E-state index contributed by atoms with van der Waals surface area (Å²) in [5.41, 5.74) is 0.948. The average Bonchev–Trinajstić information content (AvgIpc) is 2.79. The van der Waals surface area contributed by atoms with Crippen LogP contribution >= 0.6 is 24.0 Å². The van der Waals surface area contributed by atoms with Gasteiger partial charge in [0.15, 0.2) is 0 Å². The van der Waals surface area contributed by atoms with Gasteiger partial charge in [-0.25, -0.2) is 0 Å². The van der Waals surface area contributed by atoms with Crippen molar-refractivity contribution in [2.24, 2.45) is 0 Å². The Morgan fingerprint density at radius 1 is 1.48 bits per heavy atom. The van der Waals surface area contributed by atoms with Crippen LogP contribution < -0.4 is 4.74 Å². The molecule has 1 unspecified atom stereocenters. The standard InChI is InChI=1S/C15H21ClN2O4.ClH/c1-17(9-15(20)21)12-7-18(8-13(12)19)6-10-5-11(16)3-4-14(10)22-2;/h3-5,12-13,19H,6-9H2,1-2H3,(H,20,21);1H/t12?,13-;/m1./s1. The molecular weight excluding hydrogens is 343 g/mol. The van der Waals surface area contributed by atoms with Crippen LogP contribution in [0.2, 0.25) is 5.02 Å². The van der Waals surface area contributed by atoms with E-state index in [4.69, 9.17) is 21.4 Å². The second kappa shape index (κ2) is 8.70. The van der Waals surface area contributed by atoms with Gasteiger partial charge < -0.3 is 14.9 Å². The molecule has 0 aromatic heterocycles. The summed E-state index contributed by atoms with van der Waals surface area (Å²) in [6.07, 6.45) is -0.575. The van der Waals surface area contributed by atoms with Gasteiger partial charge in [-0.1, -0.05) is 11.6 Å². The van der Waals surface area contributed by atoms with Gasteiger partial charge in [0.2, 0.25) is 0 Å². The van der Waals surface area contributed by atoms with E-state index in [-0.39, 0.29) is 25.0 Å². The van der Waals surface area contributed by atoms with E-state index in [1.54, 1.807) is 25.1 Å². The Bertz CT molecular complexity index is 544. The fourth-order valence-electron chi connectivity index (χ4n) is 2.85. The van der Waals surface area contributed by atoms with Crippen molar-refractivity contribution in [1.29, 1.82) is 0 Å². The molecule has 6 nitrogen and oxygen atoms in total. The van der Waals surface area contributed by atoms with Gasteiger partial charge >= 0.3 is 5.97 Å². The molecule has 1 aliphatic heterocycles. The molecule has 1 aromatic rings. The van der Waals surface area contributed by atoms with Crippen LogP contribution in [0.25, 0.3) is 0 Å². The third-order valence-electron chi connectivity index (χ3n) is 3.92. The van der Waals surface area contributed by atoms with Crippen molar-refractivity contribution in [3.05, 3.63) is 28.8 Å². The lowest BCUT2D eigenvalue weighted by Crippen LogP contribution is -2.43. The molecule has 1 fully saturated rings. The molecule has 1 aromatic carbocycles. The molecule has 0 aliphatic carbocycles. The van der Waals surface area contributed by atoms with Gasteiger partial charge in [-0.2, -0.15) is 0 Å². The molecule has 0 radical (unpaired) electrons. The highest BCUT2D eigenvalue weighted by atomic mass is 35.5. The van der Waals surface area contributed by atoms with Gasteiger partial charge in [-0.3, -0.25) is 14.6 Å². The topological polar surface area (TPSA) is 73.2 Å². The Kier molecular flexibility index (Phi) is 7.57. The number of rotatable bonds is 6. The number of methoxy groups -OCH3 is 1. The Labute approximate surface area is 147 Å². The first-order valence-electron chi connectivity index (χ1n) is 7.05. The van der Waals surface area contributed by atoms with E-state index < -0.39 is 12.1 Å². The van der Waals surface area contributed by atoms with Crippen LogP contribution in [0.15, 0.2) is 18.2 Å². The van der Waals surface area contributed by atoms with Crippen molar-refractivity contribution in [3.8, 4) is 5.75 Å². The molecule has 0 amide bonds. The molecule has 130 valence electrons. The fraction of sp³-hybridized carbons (Fsp3) is 0.533. The number of hydrogen-bond donors (Lipinski definition) is 2. The van der Waals surface area contributed by atoms with Crippen LogP contribution in [-0.4, -0.2) is 71.9 Å². The van der Waals surface area contributed by atoms with Crippen molar-refractivity contribution < 1.29 is 19.7 Å². The number of benzene rings is 1. The predicted molar refractivity (Wildman–Crippen MR) is 90.6 cm³/mol. The first-order valence-corrected chi connectivity index (χ1v) is 7.43. The number of carboxylic acid groups (broad SMARTS) is 1. The minimum absolute atomic E-state index is 0. The summed E-state index contributed by atoms with van der Waals surface area (Å²) in [7, 11) is 3.32. The number of likely N-dealkylation sites (tertiary alicyclic amines) is 1. The molecule has 2 atom stereocenters. The number of ether oxygens (including phenoxy) is 1. The van der Waals surface area contributed by atoms with Gasteiger partial charge in [-0.15, -0.1) is 12.4 Å². The fourth-order valence-corrected chi connectivity index (χ4v) is 3.05. The Morgan fingerprint density at radius 2 is 2.17 bits per heavy atom. The van der Waals surface area contributed by atoms with Crippen molar-refractivity contribution in [2.45, 2.75) is 18.7 Å². The maximum absolute atomic E-state index is 10.8. The number of nitrogens with zero attached hydrogens (tertiary/aromatic N) is 2. The summed E-state index contributed by atoms with van der Waals surface area (Å²) in [6.45, 7) is 1.60. The number of halogens is 2. The highest BCUT2D eigenvalue weighted by Crippen LogP contribution is 2.26. The average molecular weight is 365 g/mol. The van der Waals surface area contributed by atoms with Crippen LogP contribution in [0.3, 0.4) is 0 Å². The van der Waals surface area contributed by atoms with E-state index in [1.165, 1.54) is 0 Å². The van der Waals surface area contributed by atoms with Crippen LogP contribution in [0.5, 0.6) is 5.75 Å². The third kappa shape index (κ3) is 5.22. The van der Waals surface area contributed by atoms with E-state index >= 15 is 0 Å². The molecule has 2 N–H and O–H groups in total. The molecule has 8 heteroatoms. The smallest absolute Gasteiger partial charge is 0.317 e. The lowest BCUT2D eigenvalue weighted by Gasteiger charge is -2.24. The molecular formula is C15H22Cl2N2O4. The monoisotopic (exact) mass is 364 g/mol. The second-order valence-corrected chi connectivity index (χ2v) is 6.03. The van der Waals surface area contributed by atoms with Crippen molar-refractivity contribution in [2.75, 3.05) is 33.8 Å². The minimum Gasteiger partial charge on any atom is -0.496 e. The van der Waals surface area contributed by atoms with Crippen molar-refractivity contribution in [3.63, 3.8) is 0 Å². The van der Waals surface area contributed by atoms with Crippen LogP contribution in [0.1, 0.15) is 5.56 Å². The molecule has 23 heavy (non-hydrogen) atoms. The normalized spacial score (nSPS) is 21.3. The Balaban J connectivity index is 0.00000264. The summed E-state index contributed by atoms with van der Waals surface area (Å²) in [5, 5.41) is 19.7. The van der Waals surface area contributed by atoms with Gasteiger partial charge in [0, 0.05) is 36.3 Å². The first-order chi connectivity index (χ1) is 10.4. The van der Waals surface area contributed by atoms with Crippen molar-refractivity contribution >= 4 is 30.0 Å². The lowest BCUT2D eigenvalue weighted by molar-refractivity contribution is -0.138. The number of carboxylic acids is 1. The molecule has 0 bridgehead atoms. The van der Waals surface area contributed by atoms with E-state index in [1.807, 2.05) is 12.1 Å². The highest BCUT2D eigenvalue weighted by molar-refractivity contribution is 6.30. The highest BCUT2D eigenvalue weighted by Gasteiger charge is 2.34. The zero-order chi connectivity index (χ0) is 16.3. The predicted octanol–water partition coefficient (Wildman–Crippen LogP) is 1.33. The number of carbonyl (C=O) groups is 1. The summed E-state index contributed by atoms with van der Waals surface area (Å²) < 4.78 is 5.33. The maximum atomic E-state index is 10.8. The number of β-amino-alcohol motifs (C(OH)–C–C–N with tert-alkyl or cyclic N) is 1. The molecule has 0 spiro atoms. The van der Waals surface area contributed by atoms with Gasteiger partial charge in [0.25, 0.3) is 0 Å². The maximum Gasteiger partial charge on any atom is 0.317 e. The van der Waals surface area contributed by atoms with Crippen LogP contribution in [-0.2, 0) is 11.3 Å². The number of likely N-dealkylation sites (N-methyl/N-ethyl adjacent to an activating group) is 1. The number of hydrogen-bond acceptors (Lipinski definition) is 5.